The molecule has 3 rings (SSSR count). The Morgan fingerprint density at radius 1 is 1.22 bits per heavy atom. The first-order valence-corrected chi connectivity index (χ1v) is 8.18. The Bertz CT molecular complexity index is 703. The quantitative estimate of drug-likeness (QED) is 0.864. The van der Waals surface area contributed by atoms with Crippen molar-refractivity contribution in [3.05, 3.63) is 53.3 Å². The van der Waals surface area contributed by atoms with Gasteiger partial charge in [0.05, 0.1) is 11.9 Å². The molecule has 4 nitrogen and oxygen atoms in total. The summed E-state index contributed by atoms with van der Waals surface area (Å²) in [4.78, 5) is 16.8. The van der Waals surface area contributed by atoms with Gasteiger partial charge in [0.2, 0.25) is 0 Å². The van der Waals surface area contributed by atoms with Crippen LogP contribution in [0.4, 0.5) is 11.4 Å². The summed E-state index contributed by atoms with van der Waals surface area (Å²) in [7, 11) is 0. The summed E-state index contributed by atoms with van der Waals surface area (Å²) in [6, 6.07) is 10.4. The first-order valence-electron chi connectivity index (χ1n) is 8.18. The van der Waals surface area contributed by atoms with E-state index >= 15 is 0 Å². The van der Waals surface area contributed by atoms with Crippen LogP contribution >= 0.6 is 0 Å². The maximum atomic E-state index is 12.5. The molecule has 0 unspecified atom stereocenters. The molecule has 1 saturated carbocycles. The zero-order valence-corrected chi connectivity index (χ0v) is 13.9. The molecule has 120 valence electrons. The van der Waals surface area contributed by atoms with Gasteiger partial charge >= 0.3 is 0 Å². The molecule has 4 heteroatoms. The number of rotatable bonds is 5. The highest BCUT2D eigenvalue weighted by molar-refractivity contribution is 6.03. The van der Waals surface area contributed by atoms with Gasteiger partial charge in [-0.2, -0.15) is 0 Å². The maximum absolute atomic E-state index is 12.5. The summed E-state index contributed by atoms with van der Waals surface area (Å²) in [5, 5.41) is 6.40. The van der Waals surface area contributed by atoms with E-state index in [1.165, 1.54) is 12.8 Å². The van der Waals surface area contributed by atoms with Gasteiger partial charge in [-0.3, -0.25) is 4.79 Å². The van der Waals surface area contributed by atoms with E-state index in [1.54, 1.807) is 12.3 Å². The molecule has 23 heavy (non-hydrogen) atoms. The van der Waals surface area contributed by atoms with Crippen LogP contribution in [0.3, 0.4) is 0 Å². The predicted molar refractivity (Wildman–Crippen MR) is 94.1 cm³/mol. The smallest absolute Gasteiger partial charge is 0.274 e. The number of amides is 1. The number of nitrogens with one attached hydrogen (secondary N) is 2. The Labute approximate surface area is 137 Å². The van der Waals surface area contributed by atoms with Gasteiger partial charge in [0.25, 0.3) is 5.91 Å². The summed E-state index contributed by atoms with van der Waals surface area (Å²) in [5.74, 6) is 0.183. The fraction of sp³-hybridized carbons (Fsp3) is 0.368. The molecule has 2 N–H and O–H groups in total. The fourth-order valence-electron chi connectivity index (χ4n) is 2.60. The molecule has 0 radical (unpaired) electrons. The highest BCUT2D eigenvalue weighted by Crippen LogP contribution is 2.28. The van der Waals surface area contributed by atoms with Crippen molar-refractivity contribution in [1.82, 2.24) is 4.98 Å². The van der Waals surface area contributed by atoms with Crippen molar-refractivity contribution >= 4 is 17.3 Å². The van der Waals surface area contributed by atoms with Crippen molar-refractivity contribution in [3.63, 3.8) is 0 Å². The van der Waals surface area contributed by atoms with Crippen LogP contribution in [0, 0.1) is 6.92 Å². The number of pyridine rings is 1. The van der Waals surface area contributed by atoms with Crippen LogP contribution in [0.25, 0.3) is 0 Å². The van der Waals surface area contributed by atoms with E-state index in [4.69, 9.17) is 0 Å². The second-order valence-electron chi connectivity index (χ2n) is 6.50. The Morgan fingerprint density at radius 2 is 2.00 bits per heavy atom. The number of hydrogen-bond acceptors (Lipinski definition) is 3. The fourth-order valence-corrected chi connectivity index (χ4v) is 2.60. The largest absolute Gasteiger partial charge is 0.381 e. The molecule has 1 fully saturated rings. The molecule has 0 aliphatic heterocycles. The Balaban J connectivity index is 1.76. The predicted octanol–water partition coefficient (Wildman–Crippen LogP) is 4.34. The molecule has 0 spiro atoms. The van der Waals surface area contributed by atoms with Crippen molar-refractivity contribution in [2.24, 2.45) is 0 Å². The SMILES string of the molecule is Cc1cccc(C(C)C)c1NC(=O)c1ccc(NC2CC2)cn1. The van der Waals surface area contributed by atoms with Crippen LogP contribution in [0.5, 0.6) is 0 Å². The van der Waals surface area contributed by atoms with Crippen molar-refractivity contribution in [1.29, 1.82) is 0 Å². The van der Waals surface area contributed by atoms with Crippen LogP contribution in [-0.4, -0.2) is 16.9 Å². The number of nitrogens with zero attached hydrogens (tertiary/aromatic N) is 1. The second-order valence-corrected chi connectivity index (χ2v) is 6.50. The third kappa shape index (κ3) is 3.70. The van der Waals surface area contributed by atoms with Crippen molar-refractivity contribution < 1.29 is 4.79 Å². The molecule has 1 aromatic carbocycles. The average Bonchev–Trinajstić information content (AvgIpc) is 3.33. The van der Waals surface area contributed by atoms with Crippen LogP contribution in [0.1, 0.15) is 54.2 Å². The lowest BCUT2D eigenvalue weighted by Crippen LogP contribution is -2.16. The third-order valence-corrected chi connectivity index (χ3v) is 4.11. The van der Waals surface area contributed by atoms with Gasteiger partial charge < -0.3 is 10.6 Å². The standard InChI is InChI=1S/C19H23N3O/c1-12(2)16-6-4-5-13(3)18(16)22-19(23)17-10-9-15(11-20-17)21-14-7-8-14/h4-6,9-12,14,21H,7-8H2,1-3H3,(H,22,23). The number of hydrogen-bond donors (Lipinski definition) is 2. The molecule has 2 aromatic rings. The highest BCUT2D eigenvalue weighted by atomic mass is 16.1. The number of aryl methyl sites for hydroxylation is 1. The van der Waals surface area contributed by atoms with Crippen molar-refractivity contribution in [2.75, 3.05) is 10.6 Å². The first kappa shape index (κ1) is 15.5. The van der Waals surface area contributed by atoms with Gasteiger partial charge in [0.1, 0.15) is 5.69 Å². The maximum Gasteiger partial charge on any atom is 0.274 e. The third-order valence-electron chi connectivity index (χ3n) is 4.11. The monoisotopic (exact) mass is 309 g/mol. The van der Waals surface area contributed by atoms with Crippen molar-refractivity contribution in [3.8, 4) is 0 Å². The van der Waals surface area contributed by atoms with Gasteiger partial charge in [-0.15, -0.1) is 0 Å². The molecule has 0 saturated heterocycles. The average molecular weight is 309 g/mol. The minimum absolute atomic E-state index is 0.167. The zero-order valence-electron chi connectivity index (χ0n) is 13.9. The Morgan fingerprint density at radius 3 is 2.61 bits per heavy atom. The lowest BCUT2D eigenvalue weighted by atomic mass is 9.98. The second kappa shape index (κ2) is 6.41. The van der Waals surface area contributed by atoms with Gasteiger partial charge in [-0.25, -0.2) is 4.98 Å². The number of anilines is 2. The minimum Gasteiger partial charge on any atom is -0.381 e. The number of carbonyl (C=O) groups is 1. The van der Waals surface area contributed by atoms with Crippen LogP contribution < -0.4 is 10.6 Å². The summed E-state index contributed by atoms with van der Waals surface area (Å²) >= 11 is 0. The number of aromatic nitrogens is 1. The summed E-state index contributed by atoms with van der Waals surface area (Å²) in [6.07, 6.45) is 4.16. The van der Waals surface area contributed by atoms with Gasteiger partial charge in [0, 0.05) is 11.7 Å². The molecule has 1 aromatic heterocycles. The number of para-hydroxylation sites is 1. The molecular formula is C19H23N3O. The van der Waals surface area contributed by atoms with Crippen LogP contribution in [0.2, 0.25) is 0 Å². The van der Waals surface area contributed by atoms with Gasteiger partial charge in [-0.1, -0.05) is 32.0 Å². The normalized spacial score (nSPS) is 13.9. The molecule has 0 bridgehead atoms. The molecule has 1 aliphatic carbocycles. The van der Waals surface area contributed by atoms with Crippen LogP contribution in [0.15, 0.2) is 36.5 Å². The lowest BCUT2D eigenvalue weighted by molar-refractivity contribution is 0.102. The van der Waals surface area contributed by atoms with E-state index in [-0.39, 0.29) is 5.91 Å². The first-order chi connectivity index (χ1) is 11.0. The highest BCUT2D eigenvalue weighted by Gasteiger charge is 2.21. The minimum atomic E-state index is -0.167. The zero-order chi connectivity index (χ0) is 16.4. The summed E-state index contributed by atoms with van der Waals surface area (Å²) in [5.41, 5.74) is 4.52. The molecule has 1 aliphatic rings. The van der Waals surface area contributed by atoms with E-state index < -0.39 is 0 Å². The number of benzene rings is 1. The van der Waals surface area contributed by atoms with Crippen LogP contribution in [-0.2, 0) is 0 Å². The van der Waals surface area contributed by atoms with E-state index in [1.807, 2.05) is 25.1 Å². The summed E-state index contributed by atoms with van der Waals surface area (Å²) in [6.45, 7) is 6.26. The Hall–Kier alpha value is -2.36. The van der Waals surface area contributed by atoms with Gasteiger partial charge in [-0.05, 0) is 48.9 Å². The van der Waals surface area contributed by atoms with E-state index in [0.29, 0.717) is 17.7 Å². The van der Waals surface area contributed by atoms with E-state index in [9.17, 15) is 4.79 Å². The summed E-state index contributed by atoms with van der Waals surface area (Å²) < 4.78 is 0. The topological polar surface area (TPSA) is 54.0 Å². The molecule has 1 amide bonds. The van der Waals surface area contributed by atoms with E-state index in [2.05, 4.69) is 35.5 Å². The van der Waals surface area contributed by atoms with E-state index in [0.717, 1.165) is 22.5 Å². The van der Waals surface area contributed by atoms with Crippen molar-refractivity contribution in [2.45, 2.75) is 45.6 Å². The molecular weight excluding hydrogens is 286 g/mol. The Kier molecular flexibility index (Phi) is 4.33. The molecule has 1 heterocycles. The number of carbonyl (C=O) groups excluding carboxylic acids is 1. The lowest BCUT2D eigenvalue weighted by Gasteiger charge is -2.16. The van der Waals surface area contributed by atoms with Gasteiger partial charge in [0.15, 0.2) is 0 Å². The molecule has 0 atom stereocenters.